The lowest BCUT2D eigenvalue weighted by Crippen LogP contribution is -2.28. The van der Waals surface area contributed by atoms with Gasteiger partial charge < -0.3 is 5.11 Å². The third-order valence-electron chi connectivity index (χ3n) is 3.34. The molecular weight excluding hydrogens is 354 g/mol. The molecule has 0 saturated carbocycles. The van der Waals surface area contributed by atoms with Gasteiger partial charge in [-0.3, -0.25) is 0 Å². The molecule has 0 aromatic heterocycles. The van der Waals surface area contributed by atoms with Crippen molar-refractivity contribution < 1.29 is 13.5 Å². The molecule has 0 spiro atoms. The second-order valence-electron chi connectivity index (χ2n) is 4.69. The van der Waals surface area contributed by atoms with E-state index in [1.54, 1.807) is 18.2 Å². The van der Waals surface area contributed by atoms with E-state index in [2.05, 4.69) is 15.9 Å². The molecule has 0 amide bonds. The van der Waals surface area contributed by atoms with Crippen molar-refractivity contribution in [1.29, 1.82) is 5.26 Å². The second-order valence-corrected chi connectivity index (χ2v) is 8.13. The summed E-state index contributed by atoms with van der Waals surface area (Å²) in [5.74, 6) is -0.382. The molecule has 0 aliphatic carbocycles. The van der Waals surface area contributed by atoms with Crippen LogP contribution in [0.4, 0.5) is 0 Å². The van der Waals surface area contributed by atoms with E-state index in [4.69, 9.17) is 11.6 Å². The van der Waals surface area contributed by atoms with Gasteiger partial charge in [-0.05, 0) is 40.0 Å². The van der Waals surface area contributed by atoms with Gasteiger partial charge in [-0.25, -0.2) is 8.42 Å². The number of aliphatic hydroxyl groups excluding tert-OH is 1. The summed E-state index contributed by atoms with van der Waals surface area (Å²) < 4.78 is 23.8. The lowest BCUT2D eigenvalue weighted by Gasteiger charge is -2.26. The van der Waals surface area contributed by atoms with Crippen LogP contribution in [0.5, 0.6) is 0 Å². The summed E-state index contributed by atoms with van der Waals surface area (Å²) in [5, 5.41) is 20.1. The van der Waals surface area contributed by atoms with Gasteiger partial charge in [-0.2, -0.15) is 5.26 Å². The summed E-state index contributed by atoms with van der Waals surface area (Å²) in [6.07, 6.45) is -1.03. The number of hydrogen-bond acceptors (Lipinski definition) is 4. The summed E-state index contributed by atoms with van der Waals surface area (Å²) in [5.41, 5.74) is -0.831. The summed E-state index contributed by atoms with van der Waals surface area (Å²) in [4.78, 5) is 0. The number of sulfone groups is 1. The van der Waals surface area contributed by atoms with Crippen molar-refractivity contribution >= 4 is 37.4 Å². The number of aliphatic hydroxyl groups is 1. The fourth-order valence-corrected chi connectivity index (χ4v) is 4.65. The Morgan fingerprint density at radius 3 is 2.68 bits per heavy atom. The zero-order valence-corrected chi connectivity index (χ0v) is 13.0. The van der Waals surface area contributed by atoms with Crippen molar-refractivity contribution in [3.05, 3.63) is 33.3 Å². The van der Waals surface area contributed by atoms with E-state index in [-0.39, 0.29) is 17.9 Å². The summed E-state index contributed by atoms with van der Waals surface area (Å²) in [7, 11) is -3.26. The molecule has 4 nitrogen and oxygen atoms in total. The zero-order chi connectivity index (χ0) is 14.3. The van der Waals surface area contributed by atoms with Crippen molar-refractivity contribution in [2.24, 2.45) is 5.41 Å². The highest BCUT2D eigenvalue weighted by atomic mass is 79.9. The molecule has 0 radical (unpaired) electrons. The summed E-state index contributed by atoms with van der Waals surface area (Å²) in [6, 6.07) is 6.82. The van der Waals surface area contributed by atoms with E-state index in [1.807, 2.05) is 6.07 Å². The van der Waals surface area contributed by atoms with Gasteiger partial charge in [0.1, 0.15) is 5.41 Å². The molecular formula is C12H11BrClNO3S. The van der Waals surface area contributed by atoms with Crippen LogP contribution in [-0.4, -0.2) is 25.0 Å². The Labute approximate surface area is 125 Å². The number of nitrogens with zero attached hydrogens (tertiary/aromatic N) is 1. The maximum atomic E-state index is 11.6. The highest BCUT2D eigenvalue weighted by Crippen LogP contribution is 2.43. The molecule has 2 unspecified atom stereocenters. The molecule has 2 atom stereocenters. The van der Waals surface area contributed by atoms with Crippen LogP contribution < -0.4 is 0 Å². The Bertz CT molecular complexity index is 655. The minimum absolute atomic E-state index is 0.0676. The average Bonchev–Trinajstić information content (AvgIpc) is 2.69. The van der Waals surface area contributed by atoms with Crippen LogP contribution in [0, 0.1) is 16.7 Å². The van der Waals surface area contributed by atoms with Crippen molar-refractivity contribution in [2.75, 3.05) is 11.5 Å². The van der Waals surface area contributed by atoms with Crippen LogP contribution in [0.2, 0.25) is 5.02 Å². The fraction of sp³-hybridized carbons (Fsp3) is 0.417. The Hall–Kier alpha value is -0.610. The second kappa shape index (κ2) is 5.06. The lowest BCUT2D eigenvalue weighted by atomic mass is 9.80. The molecule has 19 heavy (non-hydrogen) atoms. The van der Waals surface area contributed by atoms with Crippen LogP contribution in [0.25, 0.3) is 0 Å². The first-order valence-electron chi connectivity index (χ1n) is 5.54. The maximum Gasteiger partial charge on any atom is 0.152 e. The zero-order valence-electron chi connectivity index (χ0n) is 9.81. The average molecular weight is 365 g/mol. The van der Waals surface area contributed by atoms with Crippen molar-refractivity contribution in [2.45, 2.75) is 12.5 Å². The molecule has 7 heteroatoms. The molecule has 1 fully saturated rings. The Kier molecular flexibility index (Phi) is 3.94. The van der Waals surface area contributed by atoms with Gasteiger partial charge in [0.25, 0.3) is 0 Å². The first-order valence-corrected chi connectivity index (χ1v) is 8.54. The first kappa shape index (κ1) is 14.8. The van der Waals surface area contributed by atoms with Gasteiger partial charge in [0.15, 0.2) is 9.84 Å². The summed E-state index contributed by atoms with van der Waals surface area (Å²) >= 11 is 9.19. The van der Waals surface area contributed by atoms with Crippen LogP contribution in [0.15, 0.2) is 22.7 Å². The normalized spacial score (nSPS) is 26.8. The van der Waals surface area contributed by atoms with Gasteiger partial charge in [-0.1, -0.05) is 17.7 Å². The van der Waals surface area contributed by atoms with Gasteiger partial charge in [-0.15, -0.1) is 0 Å². The Morgan fingerprint density at radius 2 is 2.21 bits per heavy atom. The van der Waals surface area contributed by atoms with E-state index >= 15 is 0 Å². The number of benzene rings is 1. The Morgan fingerprint density at radius 1 is 1.53 bits per heavy atom. The third kappa shape index (κ3) is 2.79. The molecule has 1 saturated heterocycles. The number of rotatable bonds is 2. The van der Waals surface area contributed by atoms with Gasteiger partial charge in [0, 0.05) is 4.47 Å². The van der Waals surface area contributed by atoms with Crippen molar-refractivity contribution in [3.8, 4) is 6.07 Å². The van der Waals surface area contributed by atoms with E-state index in [9.17, 15) is 18.8 Å². The molecule has 2 rings (SSSR count). The molecule has 102 valence electrons. The van der Waals surface area contributed by atoms with Crippen LogP contribution in [0.3, 0.4) is 0 Å². The summed E-state index contributed by atoms with van der Waals surface area (Å²) in [6.45, 7) is 0. The van der Waals surface area contributed by atoms with Gasteiger partial charge >= 0.3 is 0 Å². The molecule has 1 N–H and O–H groups in total. The molecule has 0 bridgehead atoms. The molecule has 1 heterocycles. The van der Waals surface area contributed by atoms with Crippen LogP contribution >= 0.6 is 27.5 Å². The smallest absolute Gasteiger partial charge is 0.152 e. The maximum absolute atomic E-state index is 11.6. The van der Waals surface area contributed by atoms with Gasteiger partial charge in [0.2, 0.25) is 0 Å². The molecule has 1 aromatic rings. The standard InChI is InChI=1S/C12H11BrClNO3S/c13-9-2-1-8(5-10(9)14)11(16)12(6-15)3-4-19(17,18)7-12/h1-2,5,11,16H,3-4,7H2. The van der Waals surface area contributed by atoms with Crippen molar-refractivity contribution in [3.63, 3.8) is 0 Å². The molecule has 1 aliphatic heterocycles. The highest BCUT2D eigenvalue weighted by Gasteiger charge is 2.48. The largest absolute Gasteiger partial charge is 0.387 e. The predicted octanol–water partition coefficient (Wildman–Crippen LogP) is 2.46. The van der Waals surface area contributed by atoms with Crippen LogP contribution in [-0.2, 0) is 9.84 Å². The van der Waals surface area contributed by atoms with Crippen LogP contribution in [0.1, 0.15) is 18.1 Å². The van der Waals surface area contributed by atoms with Gasteiger partial charge in [0.05, 0.1) is 28.7 Å². The fourth-order valence-electron chi connectivity index (χ4n) is 2.24. The third-order valence-corrected chi connectivity index (χ3v) is 6.36. The van der Waals surface area contributed by atoms with E-state index < -0.39 is 21.4 Å². The Balaban J connectivity index is 2.40. The van der Waals surface area contributed by atoms with E-state index in [1.165, 1.54) is 0 Å². The molecule has 1 aliphatic rings. The highest BCUT2D eigenvalue weighted by molar-refractivity contribution is 9.10. The monoisotopic (exact) mass is 363 g/mol. The van der Waals surface area contributed by atoms with E-state index in [0.29, 0.717) is 15.1 Å². The van der Waals surface area contributed by atoms with Crippen molar-refractivity contribution in [1.82, 2.24) is 0 Å². The quantitative estimate of drug-likeness (QED) is 0.874. The minimum atomic E-state index is -3.26. The minimum Gasteiger partial charge on any atom is -0.387 e. The SMILES string of the molecule is N#CC1(C(O)c2ccc(Br)c(Cl)c2)CCS(=O)(=O)C1. The predicted molar refractivity (Wildman–Crippen MR) is 75.4 cm³/mol. The number of hydrogen-bond donors (Lipinski definition) is 1. The first-order chi connectivity index (χ1) is 8.80. The molecule has 1 aromatic carbocycles. The van der Waals surface area contributed by atoms with E-state index in [0.717, 1.165) is 0 Å². The number of halogens is 2. The topological polar surface area (TPSA) is 78.2 Å². The number of nitriles is 1. The lowest BCUT2D eigenvalue weighted by molar-refractivity contribution is 0.0793.